The minimum atomic E-state index is -0.483. The lowest BCUT2D eigenvalue weighted by atomic mass is 9.89. The van der Waals surface area contributed by atoms with Crippen molar-refractivity contribution in [3.63, 3.8) is 0 Å². The van der Waals surface area contributed by atoms with E-state index in [1.54, 1.807) is 0 Å². The maximum Gasteiger partial charge on any atom is 0.126 e. The van der Waals surface area contributed by atoms with Crippen molar-refractivity contribution in [2.24, 2.45) is 5.92 Å². The first-order valence-electron chi connectivity index (χ1n) is 7.52. The molecule has 1 fully saturated rings. The number of benzene rings is 1. The summed E-state index contributed by atoms with van der Waals surface area (Å²) < 4.78 is 27.1. The quantitative estimate of drug-likeness (QED) is 0.889. The predicted octanol–water partition coefficient (Wildman–Crippen LogP) is 3.77. The van der Waals surface area contributed by atoms with E-state index in [2.05, 4.69) is 24.1 Å². The highest BCUT2D eigenvalue weighted by Crippen LogP contribution is 2.32. The lowest BCUT2D eigenvalue weighted by Gasteiger charge is -2.38. The van der Waals surface area contributed by atoms with E-state index >= 15 is 0 Å². The third kappa shape index (κ3) is 4.90. The molecule has 0 aromatic heterocycles. The molecule has 1 N–H and O–H groups in total. The fourth-order valence-electron chi connectivity index (χ4n) is 3.22. The number of hydrogen-bond donors (Lipinski definition) is 1. The molecule has 0 spiro atoms. The van der Waals surface area contributed by atoms with Crippen LogP contribution in [0, 0.1) is 17.6 Å². The van der Waals surface area contributed by atoms with Gasteiger partial charge in [-0.2, -0.15) is 0 Å². The van der Waals surface area contributed by atoms with E-state index in [-0.39, 0.29) is 18.4 Å². The van der Waals surface area contributed by atoms with Crippen molar-refractivity contribution in [1.82, 2.24) is 10.2 Å². The Morgan fingerprint density at radius 1 is 1.14 bits per heavy atom. The van der Waals surface area contributed by atoms with Gasteiger partial charge in [-0.1, -0.05) is 20.3 Å². The van der Waals surface area contributed by atoms with Crippen molar-refractivity contribution in [3.8, 4) is 0 Å². The lowest BCUT2D eigenvalue weighted by molar-refractivity contribution is 0.125. The maximum atomic E-state index is 13.5. The van der Waals surface area contributed by atoms with E-state index in [1.807, 2.05) is 0 Å². The van der Waals surface area contributed by atoms with E-state index in [1.165, 1.54) is 12.1 Å². The molecule has 21 heavy (non-hydrogen) atoms. The molecule has 0 radical (unpaired) electrons. The molecule has 120 valence electrons. The van der Waals surface area contributed by atoms with Crippen molar-refractivity contribution in [1.29, 1.82) is 0 Å². The number of rotatable bonds is 5. The Balaban J connectivity index is 0.00000220. The molecule has 1 heterocycles. The van der Waals surface area contributed by atoms with Crippen LogP contribution in [0.25, 0.3) is 0 Å². The van der Waals surface area contributed by atoms with Crippen LogP contribution in [-0.4, -0.2) is 31.1 Å². The highest BCUT2D eigenvalue weighted by molar-refractivity contribution is 5.85. The largest absolute Gasteiger partial charge is 0.314 e. The van der Waals surface area contributed by atoms with Crippen LogP contribution in [0.1, 0.15) is 38.3 Å². The number of nitrogens with zero attached hydrogens (tertiary/aromatic N) is 1. The minimum Gasteiger partial charge on any atom is -0.314 e. The average Bonchev–Trinajstić information content (AvgIpc) is 2.39. The van der Waals surface area contributed by atoms with E-state index < -0.39 is 11.6 Å². The van der Waals surface area contributed by atoms with Gasteiger partial charge in [0.05, 0.1) is 0 Å². The second kappa shape index (κ2) is 8.66. The monoisotopic (exact) mass is 318 g/mol. The molecule has 1 aliphatic heterocycles. The van der Waals surface area contributed by atoms with Crippen molar-refractivity contribution in [2.75, 3.05) is 26.2 Å². The van der Waals surface area contributed by atoms with Crippen LogP contribution in [0.15, 0.2) is 18.2 Å². The third-order valence-electron chi connectivity index (χ3n) is 4.05. The van der Waals surface area contributed by atoms with Gasteiger partial charge in [0.2, 0.25) is 0 Å². The Bertz CT molecular complexity index is 416. The lowest BCUT2D eigenvalue weighted by Crippen LogP contribution is -2.46. The van der Waals surface area contributed by atoms with Crippen LogP contribution in [0.3, 0.4) is 0 Å². The molecule has 1 unspecified atom stereocenters. The molecular formula is C16H25ClF2N2. The summed E-state index contributed by atoms with van der Waals surface area (Å²) in [5, 5.41) is 3.32. The van der Waals surface area contributed by atoms with Gasteiger partial charge in [0.25, 0.3) is 0 Å². The summed E-state index contributed by atoms with van der Waals surface area (Å²) in [6.07, 6.45) is 2.15. The van der Waals surface area contributed by atoms with Gasteiger partial charge >= 0.3 is 0 Å². The molecule has 1 saturated heterocycles. The molecule has 1 aromatic rings. The van der Waals surface area contributed by atoms with Gasteiger partial charge in [-0.15, -0.1) is 12.4 Å². The zero-order chi connectivity index (χ0) is 14.5. The van der Waals surface area contributed by atoms with E-state index in [9.17, 15) is 8.78 Å². The SMILES string of the molecule is CCCC(C)[C@H](c1cc(F)cc(F)c1)N1CCNCC1.Cl. The Hall–Kier alpha value is -0.710. The van der Waals surface area contributed by atoms with E-state index in [0.29, 0.717) is 5.92 Å². The van der Waals surface area contributed by atoms with Crippen LogP contribution >= 0.6 is 12.4 Å². The smallest absolute Gasteiger partial charge is 0.126 e. The molecule has 5 heteroatoms. The van der Waals surface area contributed by atoms with Crippen LogP contribution in [-0.2, 0) is 0 Å². The van der Waals surface area contributed by atoms with E-state index in [4.69, 9.17) is 0 Å². The topological polar surface area (TPSA) is 15.3 Å². The van der Waals surface area contributed by atoms with Gasteiger partial charge in [-0.3, -0.25) is 4.90 Å². The third-order valence-corrected chi connectivity index (χ3v) is 4.05. The van der Waals surface area contributed by atoms with Crippen molar-refractivity contribution in [2.45, 2.75) is 32.7 Å². The summed E-state index contributed by atoms with van der Waals surface area (Å²) in [7, 11) is 0. The number of piperazine rings is 1. The Morgan fingerprint density at radius 3 is 2.24 bits per heavy atom. The van der Waals surface area contributed by atoms with Gasteiger partial charge < -0.3 is 5.32 Å². The van der Waals surface area contributed by atoms with Gasteiger partial charge in [-0.25, -0.2) is 8.78 Å². The number of halogens is 3. The number of nitrogens with one attached hydrogen (secondary N) is 1. The maximum absolute atomic E-state index is 13.5. The summed E-state index contributed by atoms with van der Waals surface area (Å²) in [5.74, 6) is -0.577. The minimum absolute atomic E-state index is 0. The summed E-state index contributed by atoms with van der Waals surface area (Å²) in [6, 6.07) is 4.02. The van der Waals surface area contributed by atoms with Crippen molar-refractivity contribution < 1.29 is 8.78 Å². The molecule has 0 bridgehead atoms. The zero-order valence-corrected chi connectivity index (χ0v) is 13.6. The Labute approximate surface area is 132 Å². The second-order valence-corrected chi connectivity index (χ2v) is 5.70. The first kappa shape index (κ1) is 18.3. The standard InChI is InChI=1S/C16H24F2N2.ClH/c1-3-4-12(2)16(20-7-5-19-6-8-20)13-9-14(17)11-15(18)10-13;/h9-12,16,19H,3-8H2,1-2H3;1H/t12?,16-;/m1./s1. The van der Waals surface area contributed by atoms with Crippen LogP contribution in [0.2, 0.25) is 0 Å². The summed E-state index contributed by atoms with van der Waals surface area (Å²) in [4.78, 5) is 2.35. The molecule has 2 nitrogen and oxygen atoms in total. The molecule has 2 atom stereocenters. The highest BCUT2D eigenvalue weighted by Gasteiger charge is 2.27. The summed E-state index contributed by atoms with van der Waals surface area (Å²) >= 11 is 0. The predicted molar refractivity (Wildman–Crippen MR) is 84.9 cm³/mol. The molecule has 2 rings (SSSR count). The fraction of sp³-hybridized carbons (Fsp3) is 0.625. The molecule has 1 aliphatic rings. The van der Waals surface area contributed by atoms with Crippen molar-refractivity contribution >= 4 is 12.4 Å². The summed E-state index contributed by atoms with van der Waals surface area (Å²) in [5.41, 5.74) is 0.769. The molecule has 0 amide bonds. The Kier molecular flexibility index (Phi) is 7.57. The van der Waals surface area contributed by atoms with E-state index in [0.717, 1.165) is 50.7 Å². The average molecular weight is 319 g/mol. The molecule has 1 aromatic carbocycles. The van der Waals surface area contributed by atoms with Gasteiger partial charge in [0.15, 0.2) is 0 Å². The Morgan fingerprint density at radius 2 is 1.71 bits per heavy atom. The number of hydrogen-bond acceptors (Lipinski definition) is 2. The first-order chi connectivity index (χ1) is 9.61. The van der Waals surface area contributed by atoms with Gasteiger partial charge in [-0.05, 0) is 30.0 Å². The van der Waals surface area contributed by atoms with Crippen LogP contribution in [0.4, 0.5) is 8.78 Å². The fourth-order valence-corrected chi connectivity index (χ4v) is 3.22. The zero-order valence-electron chi connectivity index (χ0n) is 12.7. The molecular weight excluding hydrogens is 294 g/mol. The summed E-state index contributed by atoms with van der Waals surface area (Å²) in [6.45, 7) is 8.06. The highest BCUT2D eigenvalue weighted by atomic mass is 35.5. The normalized spacial score (nSPS) is 18.9. The van der Waals surface area contributed by atoms with Crippen LogP contribution < -0.4 is 5.32 Å². The first-order valence-corrected chi connectivity index (χ1v) is 7.52. The second-order valence-electron chi connectivity index (χ2n) is 5.70. The van der Waals surface area contributed by atoms with Gasteiger partial charge in [0, 0.05) is 38.3 Å². The van der Waals surface area contributed by atoms with Crippen LogP contribution in [0.5, 0.6) is 0 Å². The van der Waals surface area contributed by atoms with Crippen molar-refractivity contribution in [3.05, 3.63) is 35.4 Å². The molecule has 0 saturated carbocycles. The molecule has 0 aliphatic carbocycles. The van der Waals surface area contributed by atoms with Gasteiger partial charge in [0.1, 0.15) is 11.6 Å².